The van der Waals surface area contributed by atoms with E-state index in [1.54, 1.807) is 31.4 Å². The molecule has 3 aromatic rings. The Morgan fingerprint density at radius 1 is 0.970 bits per heavy atom. The Labute approximate surface area is 193 Å². The highest BCUT2D eigenvalue weighted by molar-refractivity contribution is 7.92. The quantitative estimate of drug-likeness (QED) is 0.522. The second-order valence-electron chi connectivity index (χ2n) is 7.81. The minimum atomic E-state index is -3.75. The fourth-order valence-electron chi connectivity index (χ4n) is 3.88. The van der Waals surface area contributed by atoms with Crippen molar-refractivity contribution in [1.82, 2.24) is 5.32 Å². The highest BCUT2D eigenvalue weighted by atomic mass is 32.2. The third-order valence-corrected chi connectivity index (χ3v) is 6.95. The van der Waals surface area contributed by atoms with E-state index in [1.807, 2.05) is 12.1 Å². The first kappa shape index (κ1) is 22.7. The maximum Gasteiger partial charge on any atom is 0.261 e. The zero-order chi connectivity index (χ0) is 23.3. The van der Waals surface area contributed by atoms with Crippen LogP contribution in [0, 0.1) is 0 Å². The zero-order valence-corrected chi connectivity index (χ0v) is 19.1. The number of hydrogen-bond donors (Lipinski definition) is 2. The number of benzene rings is 3. The molecule has 0 aromatic heterocycles. The molecule has 0 spiro atoms. The van der Waals surface area contributed by atoms with Crippen molar-refractivity contribution in [3.8, 4) is 11.5 Å². The molecule has 8 heteroatoms. The third kappa shape index (κ3) is 5.64. The van der Waals surface area contributed by atoms with E-state index in [9.17, 15) is 13.2 Å². The molecule has 1 aliphatic rings. The van der Waals surface area contributed by atoms with E-state index in [-0.39, 0.29) is 23.5 Å². The lowest BCUT2D eigenvalue weighted by Gasteiger charge is -2.26. The van der Waals surface area contributed by atoms with Crippen molar-refractivity contribution in [2.45, 2.75) is 30.2 Å². The minimum absolute atomic E-state index is 0.0115. The zero-order valence-electron chi connectivity index (χ0n) is 18.3. The number of ether oxygens (including phenoxy) is 2. The Bertz CT molecular complexity index is 1210. The summed E-state index contributed by atoms with van der Waals surface area (Å²) >= 11 is 0. The molecule has 0 unspecified atom stereocenters. The van der Waals surface area contributed by atoms with E-state index in [2.05, 4.69) is 22.2 Å². The monoisotopic (exact) mass is 466 g/mol. The molecule has 0 saturated heterocycles. The first-order valence-electron chi connectivity index (χ1n) is 10.7. The lowest BCUT2D eigenvalue weighted by atomic mass is 9.88. The molecule has 2 N–H and O–H groups in total. The van der Waals surface area contributed by atoms with Gasteiger partial charge in [-0.1, -0.05) is 24.3 Å². The molecule has 0 fully saturated rings. The second kappa shape index (κ2) is 9.95. The maximum absolute atomic E-state index is 12.6. The molecule has 1 atom stereocenters. The molecule has 1 aliphatic carbocycles. The van der Waals surface area contributed by atoms with Crippen LogP contribution >= 0.6 is 0 Å². The number of sulfonamides is 1. The molecule has 33 heavy (non-hydrogen) atoms. The summed E-state index contributed by atoms with van der Waals surface area (Å²) in [5, 5.41) is 3.04. The van der Waals surface area contributed by atoms with E-state index >= 15 is 0 Å². The van der Waals surface area contributed by atoms with E-state index < -0.39 is 10.0 Å². The Morgan fingerprint density at radius 3 is 2.39 bits per heavy atom. The molecular weight excluding hydrogens is 440 g/mol. The third-order valence-electron chi connectivity index (χ3n) is 5.55. The molecule has 0 aliphatic heterocycles. The number of rotatable bonds is 8. The number of aryl methyl sites for hydroxylation is 1. The molecule has 0 saturated carbocycles. The number of amides is 1. The molecule has 172 valence electrons. The van der Waals surface area contributed by atoms with Gasteiger partial charge < -0.3 is 14.8 Å². The van der Waals surface area contributed by atoms with Gasteiger partial charge in [0.15, 0.2) is 6.61 Å². The van der Waals surface area contributed by atoms with Crippen molar-refractivity contribution in [3.05, 3.63) is 83.9 Å². The Balaban J connectivity index is 1.32. The van der Waals surface area contributed by atoms with Crippen LogP contribution in [0.3, 0.4) is 0 Å². The summed E-state index contributed by atoms with van der Waals surface area (Å²) < 4.78 is 38.4. The largest absolute Gasteiger partial charge is 0.497 e. The summed E-state index contributed by atoms with van der Waals surface area (Å²) in [7, 11) is -2.21. The summed E-state index contributed by atoms with van der Waals surface area (Å²) in [4.78, 5) is 12.5. The van der Waals surface area contributed by atoms with Crippen LogP contribution in [-0.2, 0) is 21.2 Å². The predicted molar refractivity (Wildman–Crippen MR) is 126 cm³/mol. The van der Waals surface area contributed by atoms with Crippen molar-refractivity contribution in [2.75, 3.05) is 18.4 Å². The van der Waals surface area contributed by atoms with Gasteiger partial charge >= 0.3 is 0 Å². The van der Waals surface area contributed by atoms with E-state index in [0.717, 1.165) is 24.8 Å². The van der Waals surface area contributed by atoms with Crippen LogP contribution in [0.1, 0.15) is 30.0 Å². The number of carbonyl (C=O) groups excluding carboxylic acids is 1. The number of methoxy groups -OCH3 is 1. The summed E-state index contributed by atoms with van der Waals surface area (Å²) in [6.45, 7) is -0.144. The first-order chi connectivity index (χ1) is 15.9. The van der Waals surface area contributed by atoms with E-state index in [4.69, 9.17) is 9.47 Å². The summed E-state index contributed by atoms with van der Waals surface area (Å²) in [6, 6.07) is 20.7. The summed E-state index contributed by atoms with van der Waals surface area (Å²) in [5.74, 6) is 0.836. The van der Waals surface area contributed by atoms with E-state index in [1.165, 1.54) is 29.8 Å². The lowest BCUT2D eigenvalue weighted by molar-refractivity contribution is -0.124. The number of nitrogens with one attached hydrogen (secondary N) is 2. The molecule has 0 radical (unpaired) electrons. The Kier molecular flexibility index (Phi) is 6.84. The number of fused-ring (bicyclic) bond motifs is 1. The average molecular weight is 467 g/mol. The van der Waals surface area contributed by atoms with Gasteiger partial charge in [0.1, 0.15) is 11.5 Å². The van der Waals surface area contributed by atoms with Gasteiger partial charge in [-0.05, 0) is 78.9 Å². The van der Waals surface area contributed by atoms with E-state index in [0.29, 0.717) is 17.2 Å². The molecule has 4 rings (SSSR count). The van der Waals surface area contributed by atoms with Crippen LogP contribution in [0.15, 0.2) is 77.7 Å². The van der Waals surface area contributed by atoms with Crippen molar-refractivity contribution >= 4 is 21.6 Å². The van der Waals surface area contributed by atoms with Crippen molar-refractivity contribution in [1.29, 1.82) is 0 Å². The van der Waals surface area contributed by atoms with Gasteiger partial charge in [-0.2, -0.15) is 0 Å². The molecular formula is C25H26N2O5S. The van der Waals surface area contributed by atoms with Crippen LogP contribution in [0.5, 0.6) is 11.5 Å². The van der Waals surface area contributed by atoms with Crippen LogP contribution < -0.4 is 19.5 Å². The summed E-state index contributed by atoms with van der Waals surface area (Å²) in [6.07, 6.45) is 2.96. The van der Waals surface area contributed by atoms with Crippen molar-refractivity contribution in [2.24, 2.45) is 0 Å². The maximum atomic E-state index is 12.6. The van der Waals surface area contributed by atoms with Gasteiger partial charge in [-0.25, -0.2) is 8.42 Å². The molecule has 7 nitrogen and oxygen atoms in total. The summed E-state index contributed by atoms with van der Waals surface area (Å²) in [5.41, 5.74) is 2.86. The van der Waals surface area contributed by atoms with Gasteiger partial charge in [0.05, 0.1) is 18.0 Å². The number of hydrogen-bond acceptors (Lipinski definition) is 5. The molecule has 0 bridgehead atoms. The molecule has 3 aromatic carbocycles. The smallest absolute Gasteiger partial charge is 0.261 e. The van der Waals surface area contributed by atoms with Gasteiger partial charge in [-0.15, -0.1) is 0 Å². The lowest BCUT2D eigenvalue weighted by Crippen LogP contribution is -2.34. The minimum Gasteiger partial charge on any atom is -0.497 e. The normalized spacial score (nSPS) is 15.2. The Hall–Kier alpha value is -3.52. The highest BCUT2D eigenvalue weighted by Gasteiger charge is 2.21. The number of carbonyl (C=O) groups is 1. The van der Waals surface area contributed by atoms with Crippen LogP contribution in [-0.4, -0.2) is 28.0 Å². The molecule has 0 heterocycles. The van der Waals surface area contributed by atoms with Crippen molar-refractivity contribution in [3.63, 3.8) is 0 Å². The highest BCUT2D eigenvalue weighted by Crippen LogP contribution is 2.29. The average Bonchev–Trinajstić information content (AvgIpc) is 2.83. The predicted octanol–water partition coefficient (Wildman–Crippen LogP) is 4.07. The van der Waals surface area contributed by atoms with Gasteiger partial charge in [0.25, 0.3) is 15.9 Å². The van der Waals surface area contributed by atoms with Gasteiger partial charge in [0, 0.05) is 5.69 Å². The van der Waals surface area contributed by atoms with Gasteiger partial charge in [-0.3, -0.25) is 9.52 Å². The fraction of sp³-hybridized carbons (Fsp3) is 0.240. The second-order valence-corrected chi connectivity index (χ2v) is 9.49. The van der Waals surface area contributed by atoms with Crippen LogP contribution in [0.2, 0.25) is 0 Å². The fourth-order valence-corrected chi connectivity index (χ4v) is 4.94. The van der Waals surface area contributed by atoms with Crippen LogP contribution in [0.25, 0.3) is 0 Å². The van der Waals surface area contributed by atoms with Crippen LogP contribution in [0.4, 0.5) is 5.69 Å². The Morgan fingerprint density at radius 2 is 1.67 bits per heavy atom. The van der Waals surface area contributed by atoms with Crippen molar-refractivity contribution < 1.29 is 22.7 Å². The SMILES string of the molecule is COc1ccc(NS(=O)(=O)c2ccc(OCC(=O)N[C@@H]3CCCc4ccccc43)cc2)cc1. The number of anilines is 1. The van der Waals surface area contributed by atoms with Gasteiger partial charge in [0.2, 0.25) is 0 Å². The standard InChI is InChI=1S/C25H26N2O5S/c1-31-20-11-9-19(10-12-20)27-33(29,30)22-15-13-21(14-16-22)32-17-25(28)26-24-8-4-6-18-5-2-3-7-23(18)24/h2-3,5,7,9-16,24,27H,4,6,8,17H2,1H3,(H,26,28)/t24-/m1/s1. The molecule has 1 amide bonds. The first-order valence-corrected chi connectivity index (χ1v) is 12.2. The topological polar surface area (TPSA) is 93.7 Å².